The van der Waals surface area contributed by atoms with Gasteiger partial charge >= 0.3 is 0 Å². The average Bonchev–Trinajstić information content (AvgIpc) is 2.46. The Morgan fingerprint density at radius 3 is 3.11 bits per heavy atom. The summed E-state index contributed by atoms with van der Waals surface area (Å²) in [6.07, 6.45) is 5.78. The van der Waals surface area contributed by atoms with E-state index in [0.29, 0.717) is 6.04 Å². The van der Waals surface area contributed by atoms with Crippen LogP contribution in [0, 0.1) is 5.92 Å². The maximum Gasteiger partial charge on any atom is 0.0543 e. The Bertz CT molecular complexity index is 352. The second kappa shape index (κ2) is 7.61. The largest absolute Gasteiger partial charge is 0.314 e. The fourth-order valence-electron chi connectivity index (χ4n) is 2.90. The summed E-state index contributed by atoms with van der Waals surface area (Å²) >= 11 is 0. The normalized spacial score (nSPS) is 22.3. The number of pyridine rings is 1. The number of hydrogen-bond acceptors (Lipinski definition) is 3. The number of likely N-dealkylation sites (tertiary alicyclic amines) is 1. The number of aromatic nitrogens is 1. The quantitative estimate of drug-likeness (QED) is 0.853. The first kappa shape index (κ1) is 14.5. The van der Waals surface area contributed by atoms with Crippen molar-refractivity contribution in [3.63, 3.8) is 0 Å². The molecule has 1 fully saturated rings. The maximum atomic E-state index is 4.44. The molecular weight excluding hydrogens is 234 g/mol. The van der Waals surface area contributed by atoms with Gasteiger partial charge in [0.2, 0.25) is 0 Å². The predicted molar refractivity (Wildman–Crippen MR) is 80.0 cm³/mol. The zero-order chi connectivity index (χ0) is 13.5. The van der Waals surface area contributed by atoms with Gasteiger partial charge in [-0.15, -0.1) is 0 Å². The molecule has 0 bridgehead atoms. The highest BCUT2D eigenvalue weighted by atomic mass is 15.1. The first-order chi connectivity index (χ1) is 9.29. The highest BCUT2D eigenvalue weighted by Gasteiger charge is 2.24. The van der Waals surface area contributed by atoms with Crippen LogP contribution in [0.2, 0.25) is 0 Å². The molecule has 1 aliphatic rings. The molecule has 2 atom stereocenters. The highest BCUT2D eigenvalue weighted by Crippen LogP contribution is 2.21. The van der Waals surface area contributed by atoms with Gasteiger partial charge < -0.3 is 5.32 Å². The van der Waals surface area contributed by atoms with E-state index in [4.69, 9.17) is 0 Å². The Balaban J connectivity index is 1.83. The highest BCUT2D eigenvalue weighted by molar-refractivity contribution is 5.03. The number of hydrogen-bond donors (Lipinski definition) is 1. The van der Waals surface area contributed by atoms with E-state index in [0.717, 1.165) is 19.0 Å². The molecule has 106 valence electrons. The molecule has 1 saturated heterocycles. The average molecular weight is 261 g/mol. The van der Waals surface area contributed by atoms with Crippen LogP contribution in [0.25, 0.3) is 0 Å². The lowest BCUT2D eigenvalue weighted by atomic mass is 9.91. The van der Waals surface area contributed by atoms with Crippen LogP contribution in [-0.2, 0) is 6.54 Å². The van der Waals surface area contributed by atoms with E-state index >= 15 is 0 Å². The molecule has 0 spiro atoms. The van der Waals surface area contributed by atoms with Crippen molar-refractivity contribution in [2.24, 2.45) is 5.92 Å². The van der Waals surface area contributed by atoms with Crippen molar-refractivity contribution >= 4 is 0 Å². The fourth-order valence-corrected chi connectivity index (χ4v) is 2.90. The van der Waals surface area contributed by atoms with E-state index in [1.54, 1.807) is 0 Å². The monoisotopic (exact) mass is 261 g/mol. The first-order valence-corrected chi connectivity index (χ1v) is 7.65. The molecule has 1 aromatic heterocycles. The topological polar surface area (TPSA) is 28.2 Å². The first-order valence-electron chi connectivity index (χ1n) is 7.65. The zero-order valence-electron chi connectivity index (χ0n) is 12.3. The molecule has 0 aromatic carbocycles. The summed E-state index contributed by atoms with van der Waals surface area (Å²) in [7, 11) is 0. The maximum absolute atomic E-state index is 4.44. The van der Waals surface area contributed by atoms with E-state index in [1.165, 1.54) is 38.0 Å². The van der Waals surface area contributed by atoms with E-state index in [9.17, 15) is 0 Å². The van der Waals surface area contributed by atoms with Gasteiger partial charge in [-0.25, -0.2) is 0 Å². The summed E-state index contributed by atoms with van der Waals surface area (Å²) in [5.41, 5.74) is 1.19. The van der Waals surface area contributed by atoms with Gasteiger partial charge in [-0.1, -0.05) is 13.0 Å². The third kappa shape index (κ3) is 4.59. The second-order valence-electron chi connectivity index (χ2n) is 5.70. The summed E-state index contributed by atoms with van der Waals surface area (Å²) in [6.45, 7) is 9.12. The Labute approximate surface area is 117 Å². The Morgan fingerprint density at radius 2 is 2.37 bits per heavy atom. The Morgan fingerprint density at radius 1 is 1.47 bits per heavy atom. The van der Waals surface area contributed by atoms with Gasteiger partial charge in [0.25, 0.3) is 0 Å². The molecule has 0 aliphatic carbocycles. The molecule has 2 heterocycles. The fraction of sp³-hybridized carbons (Fsp3) is 0.688. The van der Waals surface area contributed by atoms with Crippen molar-refractivity contribution < 1.29 is 0 Å². The predicted octanol–water partition coefficient (Wildman–Crippen LogP) is 2.68. The molecular formula is C16H27N3. The molecule has 3 nitrogen and oxygen atoms in total. The number of rotatable bonds is 6. The van der Waals surface area contributed by atoms with Crippen LogP contribution < -0.4 is 5.32 Å². The van der Waals surface area contributed by atoms with Gasteiger partial charge in [-0.3, -0.25) is 9.88 Å². The summed E-state index contributed by atoms with van der Waals surface area (Å²) in [6, 6.07) is 6.82. The molecule has 1 N–H and O–H groups in total. The van der Waals surface area contributed by atoms with Crippen LogP contribution in [-0.4, -0.2) is 35.6 Å². The Hall–Kier alpha value is -0.930. The minimum absolute atomic E-state index is 0.631. The van der Waals surface area contributed by atoms with Crippen LogP contribution in [0.1, 0.15) is 38.8 Å². The molecule has 0 saturated carbocycles. The SMILES string of the molecule is CCCNC(C)C1CCCN(Cc2ccccn2)C1. The van der Waals surface area contributed by atoms with Gasteiger partial charge in [0.15, 0.2) is 0 Å². The molecule has 1 aromatic rings. The van der Waals surface area contributed by atoms with Crippen molar-refractivity contribution in [3.8, 4) is 0 Å². The third-order valence-electron chi connectivity index (χ3n) is 4.08. The smallest absolute Gasteiger partial charge is 0.0543 e. The summed E-state index contributed by atoms with van der Waals surface area (Å²) in [5, 5.41) is 3.64. The van der Waals surface area contributed by atoms with Crippen molar-refractivity contribution in [1.82, 2.24) is 15.2 Å². The van der Waals surface area contributed by atoms with Crippen molar-refractivity contribution in [3.05, 3.63) is 30.1 Å². The number of piperidine rings is 1. The summed E-state index contributed by atoms with van der Waals surface area (Å²) in [5.74, 6) is 0.781. The number of nitrogens with zero attached hydrogens (tertiary/aromatic N) is 2. The summed E-state index contributed by atoms with van der Waals surface area (Å²) < 4.78 is 0. The van der Waals surface area contributed by atoms with Crippen LogP contribution in [0.3, 0.4) is 0 Å². The number of nitrogens with one attached hydrogen (secondary N) is 1. The second-order valence-corrected chi connectivity index (χ2v) is 5.70. The van der Waals surface area contributed by atoms with Gasteiger partial charge in [0.05, 0.1) is 5.69 Å². The molecule has 19 heavy (non-hydrogen) atoms. The summed E-state index contributed by atoms with van der Waals surface area (Å²) in [4.78, 5) is 6.99. The lowest BCUT2D eigenvalue weighted by molar-refractivity contribution is 0.143. The van der Waals surface area contributed by atoms with E-state index in [-0.39, 0.29) is 0 Å². The van der Waals surface area contributed by atoms with Gasteiger partial charge in [-0.2, -0.15) is 0 Å². The van der Waals surface area contributed by atoms with Gasteiger partial charge in [0, 0.05) is 25.3 Å². The molecule has 2 unspecified atom stereocenters. The van der Waals surface area contributed by atoms with E-state index in [1.807, 2.05) is 12.3 Å². The standard InChI is InChI=1S/C16H27N3/c1-3-9-17-14(2)15-7-6-11-19(12-15)13-16-8-4-5-10-18-16/h4-5,8,10,14-15,17H,3,6-7,9,11-13H2,1-2H3. The van der Waals surface area contributed by atoms with Crippen molar-refractivity contribution in [2.45, 2.75) is 45.7 Å². The molecule has 2 rings (SSSR count). The minimum atomic E-state index is 0.631. The lowest BCUT2D eigenvalue weighted by Gasteiger charge is -2.36. The zero-order valence-corrected chi connectivity index (χ0v) is 12.3. The minimum Gasteiger partial charge on any atom is -0.314 e. The van der Waals surface area contributed by atoms with Crippen molar-refractivity contribution in [2.75, 3.05) is 19.6 Å². The van der Waals surface area contributed by atoms with E-state index in [2.05, 4.69) is 41.2 Å². The van der Waals surface area contributed by atoms with Crippen LogP contribution in [0.5, 0.6) is 0 Å². The third-order valence-corrected chi connectivity index (χ3v) is 4.08. The molecule has 3 heteroatoms. The van der Waals surface area contributed by atoms with Gasteiger partial charge in [0.1, 0.15) is 0 Å². The van der Waals surface area contributed by atoms with Crippen LogP contribution >= 0.6 is 0 Å². The lowest BCUT2D eigenvalue weighted by Crippen LogP contribution is -2.44. The molecule has 0 amide bonds. The molecule has 1 aliphatic heterocycles. The van der Waals surface area contributed by atoms with Crippen molar-refractivity contribution in [1.29, 1.82) is 0 Å². The molecule has 0 radical (unpaired) electrons. The van der Waals surface area contributed by atoms with Crippen LogP contribution in [0.15, 0.2) is 24.4 Å². The van der Waals surface area contributed by atoms with E-state index < -0.39 is 0 Å². The van der Waals surface area contributed by atoms with Gasteiger partial charge in [-0.05, 0) is 57.3 Å². The Kier molecular flexibility index (Phi) is 5.80. The van der Waals surface area contributed by atoms with Crippen LogP contribution in [0.4, 0.5) is 0 Å².